The van der Waals surface area contributed by atoms with Crippen LogP contribution in [-0.4, -0.2) is 38.8 Å². The van der Waals surface area contributed by atoms with Gasteiger partial charge in [-0.05, 0) is 25.8 Å². The lowest BCUT2D eigenvalue weighted by Gasteiger charge is -2.28. The van der Waals surface area contributed by atoms with Crippen molar-refractivity contribution < 1.29 is 9.53 Å². The summed E-state index contributed by atoms with van der Waals surface area (Å²) in [5.74, 6) is 0.767. The molecule has 0 saturated heterocycles. The second kappa shape index (κ2) is 10.6. The standard InChI is InChI=1S/C13H26N2O2.ClH/c1-11-5-3-4-6-12(11)17-10-9-15-13(16)7-8-14-2;/h11-12,14H,3-10H2,1-2H3,(H,15,16);1H. The topological polar surface area (TPSA) is 50.4 Å². The quantitative estimate of drug-likeness (QED) is 0.698. The van der Waals surface area contributed by atoms with E-state index in [1.807, 2.05) is 7.05 Å². The van der Waals surface area contributed by atoms with E-state index in [4.69, 9.17) is 4.74 Å². The van der Waals surface area contributed by atoms with Gasteiger partial charge in [0.15, 0.2) is 0 Å². The molecule has 1 fully saturated rings. The predicted molar refractivity (Wildman–Crippen MR) is 76.2 cm³/mol. The molecular weight excluding hydrogens is 252 g/mol. The Hall–Kier alpha value is -0.320. The molecule has 2 atom stereocenters. The van der Waals surface area contributed by atoms with E-state index < -0.39 is 0 Å². The molecule has 1 aliphatic rings. The molecule has 0 bridgehead atoms. The van der Waals surface area contributed by atoms with Gasteiger partial charge in [0.05, 0.1) is 12.7 Å². The second-order valence-electron chi connectivity index (χ2n) is 4.87. The minimum absolute atomic E-state index is 0. The molecule has 2 N–H and O–H groups in total. The number of hydrogen-bond acceptors (Lipinski definition) is 3. The molecule has 0 aromatic rings. The third kappa shape index (κ3) is 7.19. The highest BCUT2D eigenvalue weighted by Crippen LogP contribution is 2.25. The molecule has 18 heavy (non-hydrogen) atoms. The maximum absolute atomic E-state index is 11.3. The Labute approximate surface area is 117 Å². The van der Waals surface area contributed by atoms with Crippen LogP contribution in [0.3, 0.4) is 0 Å². The highest BCUT2D eigenvalue weighted by molar-refractivity contribution is 5.85. The van der Waals surface area contributed by atoms with Crippen molar-refractivity contribution in [3.8, 4) is 0 Å². The average molecular weight is 279 g/mol. The Balaban J connectivity index is 0.00000289. The molecule has 0 spiro atoms. The molecule has 0 heterocycles. The predicted octanol–water partition coefficient (Wildman–Crippen LogP) is 1.73. The van der Waals surface area contributed by atoms with Gasteiger partial charge in [0.1, 0.15) is 0 Å². The molecule has 0 radical (unpaired) electrons. The molecule has 1 aliphatic carbocycles. The van der Waals surface area contributed by atoms with Gasteiger partial charge in [-0.2, -0.15) is 0 Å². The lowest BCUT2D eigenvalue weighted by molar-refractivity contribution is -0.121. The number of halogens is 1. The van der Waals surface area contributed by atoms with Gasteiger partial charge >= 0.3 is 0 Å². The second-order valence-corrected chi connectivity index (χ2v) is 4.87. The molecule has 5 heteroatoms. The number of carbonyl (C=O) groups is 1. The maximum Gasteiger partial charge on any atom is 0.221 e. The van der Waals surface area contributed by atoms with Crippen molar-refractivity contribution in [3.05, 3.63) is 0 Å². The average Bonchev–Trinajstić information content (AvgIpc) is 2.34. The molecule has 4 nitrogen and oxygen atoms in total. The fourth-order valence-electron chi connectivity index (χ4n) is 2.26. The zero-order valence-corrected chi connectivity index (χ0v) is 12.4. The zero-order chi connectivity index (χ0) is 12.5. The molecule has 1 saturated carbocycles. The number of amides is 1. The van der Waals surface area contributed by atoms with Crippen LogP contribution >= 0.6 is 12.4 Å². The monoisotopic (exact) mass is 278 g/mol. The summed E-state index contributed by atoms with van der Waals surface area (Å²) in [6, 6.07) is 0. The molecule has 108 valence electrons. The van der Waals surface area contributed by atoms with E-state index in [-0.39, 0.29) is 18.3 Å². The van der Waals surface area contributed by atoms with Crippen molar-refractivity contribution in [2.45, 2.75) is 45.1 Å². The lowest BCUT2D eigenvalue weighted by Crippen LogP contribution is -2.32. The SMILES string of the molecule is CNCCC(=O)NCCOC1CCCCC1C.Cl. The Morgan fingerprint density at radius 3 is 2.67 bits per heavy atom. The van der Waals surface area contributed by atoms with E-state index in [1.54, 1.807) is 0 Å². The van der Waals surface area contributed by atoms with Crippen LogP contribution in [0.2, 0.25) is 0 Å². The van der Waals surface area contributed by atoms with Gasteiger partial charge in [-0.3, -0.25) is 4.79 Å². The third-order valence-electron chi connectivity index (χ3n) is 3.39. The third-order valence-corrected chi connectivity index (χ3v) is 3.39. The van der Waals surface area contributed by atoms with E-state index >= 15 is 0 Å². The van der Waals surface area contributed by atoms with Gasteiger partial charge in [0.2, 0.25) is 5.91 Å². The van der Waals surface area contributed by atoms with Crippen LogP contribution in [0.1, 0.15) is 39.0 Å². The van der Waals surface area contributed by atoms with Gasteiger partial charge in [-0.1, -0.05) is 19.8 Å². The molecule has 1 rings (SSSR count). The first-order chi connectivity index (χ1) is 8.24. The van der Waals surface area contributed by atoms with E-state index in [2.05, 4.69) is 17.6 Å². The number of hydrogen-bond donors (Lipinski definition) is 2. The van der Waals surface area contributed by atoms with Crippen molar-refractivity contribution in [2.75, 3.05) is 26.7 Å². The Bertz CT molecular complexity index is 227. The van der Waals surface area contributed by atoms with Crippen molar-refractivity contribution in [3.63, 3.8) is 0 Å². The largest absolute Gasteiger partial charge is 0.376 e. The maximum atomic E-state index is 11.3. The fraction of sp³-hybridized carbons (Fsp3) is 0.923. The van der Waals surface area contributed by atoms with E-state index in [9.17, 15) is 4.79 Å². The first kappa shape index (κ1) is 17.7. The fourth-order valence-corrected chi connectivity index (χ4v) is 2.26. The van der Waals surface area contributed by atoms with Crippen molar-refractivity contribution in [1.29, 1.82) is 0 Å². The van der Waals surface area contributed by atoms with Crippen LogP contribution in [0.5, 0.6) is 0 Å². The Morgan fingerprint density at radius 2 is 2.00 bits per heavy atom. The highest BCUT2D eigenvalue weighted by Gasteiger charge is 2.21. The van der Waals surface area contributed by atoms with Crippen LogP contribution in [0.25, 0.3) is 0 Å². The van der Waals surface area contributed by atoms with Crippen molar-refractivity contribution >= 4 is 18.3 Å². The Morgan fingerprint density at radius 1 is 1.28 bits per heavy atom. The smallest absolute Gasteiger partial charge is 0.221 e. The summed E-state index contributed by atoms with van der Waals surface area (Å²) >= 11 is 0. The number of carbonyl (C=O) groups excluding carboxylic acids is 1. The van der Waals surface area contributed by atoms with Gasteiger partial charge in [0.25, 0.3) is 0 Å². The van der Waals surface area contributed by atoms with Crippen LogP contribution in [-0.2, 0) is 9.53 Å². The summed E-state index contributed by atoms with van der Waals surface area (Å²) in [5.41, 5.74) is 0. The first-order valence-electron chi connectivity index (χ1n) is 6.77. The summed E-state index contributed by atoms with van der Waals surface area (Å²) in [5, 5.41) is 5.82. The molecular formula is C13H27ClN2O2. The van der Waals surface area contributed by atoms with Crippen LogP contribution in [0.4, 0.5) is 0 Å². The molecule has 2 unspecified atom stereocenters. The van der Waals surface area contributed by atoms with Crippen LogP contribution in [0.15, 0.2) is 0 Å². The molecule has 0 aromatic carbocycles. The molecule has 1 amide bonds. The van der Waals surface area contributed by atoms with Gasteiger partial charge in [-0.25, -0.2) is 0 Å². The van der Waals surface area contributed by atoms with Crippen molar-refractivity contribution in [1.82, 2.24) is 10.6 Å². The van der Waals surface area contributed by atoms with Gasteiger partial charge < -0.3 is 15.4 Å². The number of nitrogens with one attached hydrogen (secondary N) is 2. The van der Waals surface area contributed by atoms with Crippen LogP contribution in [0, 0.1) is 5.92 Å². The summed E-state index contributed by atoms with van der Waals surface area (Å²) in [4.78, 5) is 11.3. The van der Waals surface area contributed by atoms with Crippen LogP contribution < -0.4 is 10.6 Å². The Kier molecular flexibility index (Phi) is 10.4. The number of ether oxygens (including phenoxy) is 1. The summed E-state index contributed by atoms with van der Waals surface area (Å²) in [6.07, 6.45) is 6.01. The minimum Gasteiger partial charge on any atom is -0.376 e. The highest BCUT2D eigenvalue weighted by atomic mass is 35.5. The summed E-state index contributed by atoms with van der Waals surface area (Å²) in [7, 11) is 1.85. The van der Waals surface area contributed by atoms with E-state index in [1.165, 1.54) is 25.7 Å². The molecule has 0 aromatic heterocycles. The number of rotatable bonds is 7. The summed E-state index contributed by atoms with van der Waals surface area (Å²) < 4.78 is 5.82. The van der Waals surface area contributed by atoms with E-state index in [0.717, 1.165) is 6.54 Å². The summed E-state index contributed by atoms with van der Waals surface area (Å²) in [6.45, 7) is 4.26. The first-order valence-corrected chi connectivity index (χ1v) is 6.77. The van der Waals surface area contributed by atoms with Crippen molar-refractivity contribution in [2.24, 2.45) is 5.92 Å². The normalized spacial score (nSPS) is 23.2. The van der Waals surface area contributed by atoms with Gasteiger partial charge in [0, 0.05) is 19.5 Å². The van der Waals surface area contributed by atoms with Gasteiger partial charge in [-0.15, -0.1) is 12.4 Å². The lowest BCUT2D eigenvalue weighted by atomic mass is 9.88. The minimum atomic E-state index is 0. The molecule has 0 aliphatic heterocycles. The zero-order valence-electron chi connectivity index (χ0n) is 11.5. The van der Waals surface area contributed by atoms with E-state index in [0.29, 0.717) is 31.6 Å².